The summed E-state index contributed by atoms with van der Waals surface area (Å²) in [6, 6.07) is 9.55. The molecule has 0 fully saturated rings. The molecule has 0 amide bonds. The molecule has 0 aliphatic rings. The first-order chi connectivity index (χ1) is 7.40. The molecule has 0 atom stereocenters. The van der Waals surface area contributed by atoms with Gasteiger partial charge in [-0.3, -0.25) is 0 Å². The first-order valence-corrected chi connectivity index (χ1v) is 4.60. The number of nitriles is 1. The van der Waals surface area contributed by atoms with Crippen LogP contribution >= 0.6 is 0 Å². The minimum absolute atomic E-state index is 0.638. The van der Waals surface area contributed by atoms with E-state index in [1.165, 1.54) is 0 Å². The Morgan fingerprint density at radius 3 is 3.00 bits per heavy atom. The number of aromatic nitrogens is 2. The van der Waals surface area contributed by atoms with E-state index in [4.69, 9.17) is 5.26 Å². The van der Waals surface area contributed by atoms with E-state index < -0.39 is 0 Å². The summed E-state index contributed by atoms with van der Waals surface area (Å²) in [4.78, 5) is 6.90. The van der Waals surface area contributed by atoms with Crippen molar-refractivity contribution in [3.8, 4) is 6.07 Å². The van der Waals surface area contributed by atoms with Gasteiger partial charge < -0.3 is 10.3 Å². The maximum absolute atomic E-state index is 8.87. The van der Waals surface area contributed by atoms with E-state index in [1.807, 2.05) is 18.2 Å². The van der Waals surface area contributed by atoms with E-state index in [0.29, 0.717) is 12.1 Å². The largest absolute Gasteiger partial charge is 0.378 e. The molecule has 0 bridgehead atoms. The Kier molecular flexibility index (Phi) is 2.65. The number of H-pyrrole nitrogens is 1. The summed E-state index contributed by atoms with van der Waals surface area (Å²) in [6.45, 7) is 0.638. The molecule has 2 rings (SSSR count). The Bertz CT molecular complexity index is 468. The van der Waals surface area contributed by atoms with E-state index in [9.17, 15) is 0 Å². The van der Waals surface area contributed by atoms with Crippen LogP contribution in [0.3, 0.4) is 0 Å². The van der Waals surface area contributed by atoms with Crippen molar-refractivity contribution in [2.75, 3.05) is 5.32 Å². The van der Waals surface area contributed by atoms with Crippen molar-refractivity contribution in [3.63, 3.8) is 0 Å². The minimum atomic E-state index is 0.638. The number of rotatable bonds is 3. The number of imidazole rings is 1. The molecule has 0 spiro atoms. The third-order valence-corrected chi connectivity index (χ3v) is 2.07. The molecule has 2 N–H and O–H groups in total. The Balaban J connectivity index is 2.08. The van der Waals surface area contributed by atoms with Crippen LogP contribution in [0.4, 0.5) is 5.69 Å². The molecule has 0 aliphatic heterocycles. The van der Waals surface area contributed by atoms with Gasteiger partial charge in [-0.2, -0.15) is 5.26 Å². The van der Waals surface area contributed by atoms with Crippen molar-refractivity contribution in [2.24, 2.45) is 0 Å². The lowest BCUT2D eigenvalue weighted by atomic mass is 10.2. The fraction of sp³-hybridized carbons (Fsp3) is 0.0909. The third kappa shape index (κ3) is 2.15. The average Bonchev–Trinajstić information content (AvgIpc) is 2.79. The smallest absolute Gasteiger partial charge is 0.101 e. The maximum atomic E-state index is 8.87. The Morgan fingerprint density at radius 2 is 2.27 bits per heavy atom. The van der Waals surface area contributed by atoms with Crippen LogP contribution in [0.15, 0.2) is 36.8 Å². The summed E-state index contributed by atoms with van der Waals surface area (Å²) in [7, 11) is 0. The van der Waals surface area contributed by atoms with E-state index in [-0.39, 0.29) is 0 Å². The topological polar surface area (TPSA) is 64.5 Å². The first-order valence-electron chi connectivity index (χ1n) is 4.60. The molecular formula is C11H10N4. The lowest BCUT2D eigenvalue weighted by Gasteiger charge is -2.05. The van der Waals surface area contributed by atoms with Crippen molar-refractivity contribution in [2.45, 2.75) is 6.54 Å². The summed E-state index contributed by atoms with van der Waals surface area (Å²) in [5, 5.41) is 12.0. The molecule has 1 aromatic heterocycles. The first kappa shape index (κ1) is 9.28. The Morgan fingerprint density at radius 1 is 1.40 bits per heavy atom. The zero-order chi connectivity index (χ0) is 10.5. The van der Waals surface area contributed by atoms with Crippen LogP contribution in [0.25, 0.3) is 0 Å². The van der Waals surface area contributed by atoms with Gasteiger partial charge in [-0.15, -0.1) is 0 Å². The zero-order valence-corrected chi connectivity index (χ0v) is 8.07. The SMILES string of the molecule is N#Cc1ccccc1NCc1cnc[nH]1. The molecule has 0 aliphatic carbocycles. The van der Waals surface area contributed by atoms with Gasteiger partial charge in [0.2, 0.25) is 0 Å². The highest BCUT2D eigenvalue weighted by atomic mass is 14.9. The molecule has 4 heteroatoms. The number of aromatic amines is 1. The van der Waals surface area contributed by atoms with E-state index in [2.05, 4.69) is 21.4 Å². The fourth-order valence-corrected chi connectivity index (χ4v) is 1.31. The highest BCUT2D eigenvalue weighted by Gasteiger charge is 1.99. The summed E-state index contributed by atoms with van der Waals surface area (Å²) in [5.41, 5.74) is 2.48. The van der Waals surface area contributed by atoms with Crippen LogP contribution in [0, 0.1) is 11.3 Å². The maximum Gasteiger partial charge on any atom is 0.101 e. The molecule has 0 unspecified atom stereocenters. The predicted octanol–water partition coefficient (Wildman–Crippen LogP) is 1.89. The summed E-state index contributed by atoms with van der Waals surface area (Å²) < 4.78 is 0. The molecule has 1 heterocycles. The molecule has 0 saturated heterocycles. The predicted molar refractivity (Wildman–Crippen MR) is 57.1 cm³/mol. The monoisotopic (exact) mass is 198 g/mol. The molecule has 0 saturated carbocycles. The lowest BCUT2D eigenvalue weighted by molar-refractivity contribution is 1.07. The standard InChI is InChI=1S/C11H10N4/c12-5-9-3-1-2-4-11(9)14-7-10-6-13-8-15-10/h1-4,6,8,14H,7H2,(H,13,15). The third-order valence-electron chi connectivity index (χ3n) is 2.07. The quantitative estimate of drug-likeness (QED) is 0.791. The van der Waals surface area contributed by atoms with Crippen molar-refractivity contribution >= 4 is 5.69 Å². The Labute approximate surface area is 87.6 Å². The van der Waals surface area contributed by atoms with Gasteiger partial charge >= 0.3 is 0 Å². The van der Waals surface area contributed by atoms with Crippen LogP contribution < -0.4 is 5.32 Å². The van der Waals surface area contributed by atoms with Crippen molar-refractivity contribution < 1.29 is 0 Å². The molecular weight excluding hydrogens is 188 g/mol. The molecule has 0 radical (unpaired) electrons. The van der Waals surface area contributed by atoms with Crippen LogP contribution in [0.1, 0.15) is 11.3 Å². The van der Waals surface area contributed by atoms with E-state index in [1.54, 1.807) is 18.6 Å². The molecule has 15 heavy (non-hydrogen) atoms. The van der Waals surface area contributed by atoms with Crippen molar-refractivity contribution in [3.05, 3.63) is 48.0 Å². The van der Waals surface area contributed by atoms with Gasteiger partial charge in [0.05, 0.1) is 29.8 Å². The van der Waals surface area contributed by atoms with E-state index >= 15 is 0 Å². The highest BCUT2D eigenvalue weighted by molar-refractivity contribution is 5.57. The molecule has 74 valence electrons. The van der Waals surface area contributed by atoms with Gasteiger partial charge in [0.1, 0.15) is 6.07 Å². The second-order valence-electron chi connectivity index (χ2n) is 3.09. The number of benzene rings is 1. The van der Waals surface area contributed by atoms with Crippen LogP contribution in [-0.4, -0.2) is 9.97 Å². The van der Waals surface area contributed by atoms with Gasteiger partial charge in [0.15, 0.2) is 0 Å². The summed E-state index contributed by atoms with van der Waals surface area (Å²) >= 11 is 0. The van der Waals surface area contributed by atoms with Gasteiger partial charge in [0.25, 0.3) is 0 Å². The van der Waals surface area contributed by atoms with Crippen molar-refractivity contribution in [1.82, 2.24) is 9.97 Å². The molecule has 2 aromatic rings. The molecule has 4 nitrogen and oxygen atoms in total. The second kappa shape index (κ2) is 4.29. The number of hydrogen-bond acceptors (Lipinski definition) is 3. The number of nitrogens with zero attached hydrogens (tertiary/aromatic N) is 2. The summed E-state index contributed by atoms with van der Waals surface area (Å²) in [6.07, 6.45) is 3.38. The van der Waals surface area contributed by atoms with E-state index in [0.717, 1.165) is 11.4 Å². The van der Waals surface area contributed by atoms with Crippen LogP contribution in [-0.2, 0) is 6.54 Å². The normalized spacial score (nSPS) is 9.53. The fourth-order valence-electron chi connectivity index (χ4n) is 1.31. The van der Waals surface area contributed by atoms with Crippen LogP contribution in [0.2, 0.25) is 0 Å². The number of anilines is 1. The summed E-state index contributed by atoms with van der Waals surface area (Å²) in [5.74, 6) is 0. The van der Waals surface area contributed by atoms with Crippen LogP contribution in [0.5, 0.6) is 0 Å². The minimum Gasteiger partial charge on any atom is -0.378 e. The second-order valence-corrected chi connectivity index (χ2v) is 3.09. The van der Waals surface area contributed by atoms with Crippen molar-refractivity contribution in [1.29, 1.82) is 5.26 Å². The number of para-hydroxylation sites is 1. The van der Waals surface area contributed by atoms with Gasteiger partial charge in [-0.1, -0.05) is 12.1 Å². The van der Waals surface area contributed by atoms with Gasteiger partial charge in [-0.25, -0.2) is 4.98 Å². The number of nitrogens with one attached hydrogen (secondary N) is 2. The zero-order valence-electron chi connectivity index (χ0n) is 8.07. The average molecular weight is 198 g/mol. The highest BCUT2D eigenvalue weighted by Crippen LogP contribution is 2.13. The van der Waals surface area contributed by atoms with Gasteiger partial charge in [-0.05, 0) is 12.1 Å². The Hall–Kier alpha value is -2.28. The number of hydrogen-bond donors (Lipinski definition) is 2. The van der Waals surface area contributed by atoms with Gasteiger partial charge in [0, 0.05) is 6.20 Å². The lowest BCUT2D eigenvalue weighted by Crippen LogP contribution is -2.01. The molecule has 1 aromatic carbocycles.